The number of nitrogens with zero attached hydrogens (tertiary/aromatic N) is 1. The number of carbonyl (C=O) groups is 2. The molecule has 0 unspecified atom stereocenters. The molecule has 0 saturated carbocycles. The second-order valence-corrected chi connectivity index (χ2v) is 6.51. The van der Waals surface area contributed by atoms with Crippen LogP contribution in [0.2, 0.25) is 0 Å². The van der Waals surface area contributed by atoms with E-state index in [4.69, 9.17) is 5.84 Å². The molecule has 0 radical (unpaired) electrons. The third kappa shape index (κ3) is 2.85. The summed E-state index contributed by atoms with van der Waals surface area (Å²) < 4.78 is 0. The number of Topliss-reactive ketones (excluding diaryl/α,β-unsaturated/α-hetero) is 2. The van der Waals surface area contributed by atoms with Crippen molar-refractivity contribution in [3.63, 3.8) is 0 Å². The van der Waals surface area contributed by atoms with Crippen LogP contribution in [0.3, 0.4) is 0 Å². The largest absolute Gasteiger partial charge is 0.323 e. The van der Waals surface area contributed by atoms with Crippen LogP contribution in [0.1, 0.15) is 33.0 Å². The highest BCUT2D eigenvalue weighted by Gasteiger charge is 2.44. The Morgan fingerprint density at radius 1 is 0.778 bits per heavy atom. The standard InChI is InChI=1S/C23H18N2O2/c24-25-21-17-13-7-8-14-18(17)22(26)20(21)23(27)19(15-9-3-1-4-10-15)16-11-5-2-6-12-16/h1-14,19-20H,24H2/b25-21-/t20-/m0/s1. The molecule has 0 heterocycles. The monoisotopic (exact) mass is 354 g/mol. The van der Waals surface area contributed by atoms with Crippen LogP contribution in [0.15, 0.2) is 90.0 Å². The summed E-state index contributed by atoms with van der Waals surface area (Å²) in [6.45, 7) is 0. The summed E-state index contributed by atoms with van der Waals surface area (Å²) in [5, 5.41) is 3.83. The third-order valence-electron chi connectivity index (χ3n) is 4.98. The highest BCUT2D eigenvalue weighted by molar-refractivity contribution is 6.37. The molecule has 0 bridgehead atoms. The normalized spacial score (nSPS) is 17.3. The first-order valence-electron chi connectivity index (χ1n) is 8.77. The van der Waals surface area contributed by atoms with Crippen molar-refractivity contribution in [3.05, 3.63) is 107 Å². The number of ketones is 2. The minimum atomic E-state index is -0.988. The van der Waals surface area contributed by atoms with E-state index in [0.29, 0.717) is 16.8 Å². The zero-order valence-corrected chi connectivity index (χ0v) is 14.6. The second kappa shape index (κ2) is 7.00. The number of hydrogen-bond acceptors (Lipinski definition) is 4. The highest BCUT2D eigenvalue weighted by atomic mass is 16.2. The molecule has 0 aromatic heterocycles. The molecule has 4 heteroatoms. The molecule has 0 spiro atoms. The maximum absolute atomic E-state index is 13.6. The molecule has 4 rings (SSSR count). The van der Waals surface area contributed by atoms with Gasteiger partial charge >= 0.3 is 0 Å². The first-order valence-corrected chi connectivity index (χ1v) is 8.77. The van der Waals surface area contributed by atoms with Crippen LogP contribution >= 0.6 is 0 Å². The number of hydrazone groups is 1. The first kappa shape index (κ1) is 16.9. The molecule has 4 nitrogen and oxygen atoms in total. The van der Waals surface area contributed by atoms with E-state index in [1.54, 1.807) is 18.2 Å². The fourth-order valence-corrected chi connectivity index (χ4v) is 3.74. The van der Waals surface area contributed by atoms with Gasteiger partial charge in [-0.25, -0.2) is 0 Å². The zero-order valence-electron chi connectivity index (χ0n) is 14.6. The van der Waals surface area contributed by atoms with Crippen LogP contribution in [0.5, 0.6) is 0 Å². The fraction of sp³-hybridized carbons (Fsp3) is 0.0870. The SMILES string of the molecule is N/N=C1/c2ccccc2C(=O)[C@H]1C(=O)C(c1ccccc1)c1ccccc1. The van der Waals surface area contributed by atoms with E-state index in [0.717, 1.165) is 11.1 Å². The molecule has 2 N–H and O–H groups in total. The van der Waals surface area contributed by atoms with Crippen molar-refractivity contribution >= 4 is 17.3 Å². The Bertz CT molecular complexity index is 987. The van der Waals surface area contributed by atoms with Crippen molar-refractivity contribution in [2.24, 2.45) is 16.9 Å². The molecule has 0 amide bonds. The Balaban J connectivity index is 1.83. The summed E-state index contributed by atoms with van der Waals surface area (Å²) in [5.41, 5.74) is 3.17. The van der Waals surface area contributed by atoms with E-state index in [1.165, 1.54) is 0 Å². The smallest absolute Gasteiger partial charge is 0.180 e. The average molecular weight is 354 g/mol. The maximum Gasteiger partial charge on any atom is 0.180 e. The van der Waals surface area contributed by atoms with Gasteiger partial charge in [-0.15, -0.1) is 0 Å². The number of nitrogens with two attached hydrogens (primary N) is 1. The summed E-state index contributed by atoms with van der Waals surface area (Å²) in [7, 11) is 0. The van der Waals surface area contributed by atoms with Crippen LogP contribution in [-0.4, -0.2) is 17.3 Å². The van der Waals surface area contributed by atoms with Crippen molar-refractivity contribution in [2.75, 3.05) is 0 Å². The molecule has 27 heavy (non-hydrogen) atoms. The second-order valence-electron chi connectivity index (χ2n) is 6.51. The Hall–Kier alpha value is -3.53. The van der Waals surface area contributed by atoms with Crippen LogP contribution < -0.4 is 5.84 Å². The Labute approximate surface area is 157 Å². The summed E-state index contributed by atoms with van der Waals surface area (Å²) in [4.78, 5) is 26.7. The quantitative estimate of drug-likeness (QED) is 0.442. The predicted octanol–water partition coefficient (Wildman–Crippen LogP) is 3.56. The van der Waals surface area contributed by atoms with Crippen molar-refractivity contribution < 1.29 is 9.59 Å². The van der Waals surface area contributed by atoms with Gasteiger partial charge in [-0.3, -0.25) is 9.59 Å². The van der Waals surface area contributed by atoms with Crippen LogP contribution in [0.25, 0.3) is 0 Å². The lowest BCUT2D eigenvalue weighted by Crippen LogP contribution is -2.32. The van der Waals surface area contributed by atoms with Gasteiger partial charge in [0.2, 0.25) is 0 Å². The number of benzene rings is 3. The molecule has 132 valence electrons. The molecule has 1 atom stereocenters. The lowest BCUT2D eigenvalue weighted by Gasteiger charge is -2.20. The molecule has 3 aromatic carbocycles. The van der Waals surface area contributed by atoms with Gasteiger partial charge in [0.05, 0.1) is 11.6 Å². The highest BCUT2D eigenvalue weighted by Crippen LogP contribution is 2.35. The summed E-state index contributed by atoms with van der Waals surface area (Å²) >= 11 is 0. The van der Waals surface area contributed by atoms with Gasteiger partial charge in [0, 0.05) is 11.1 Å². The first-order chi connectivity index (χ1) is 13.2. The molecule has 1 aliphatic rings. The molecule has 0 saturated heterocycles. The predicted molar refractivity (Wildman–Crippen MR) is 105 cm³/mol. The molecular weight excluding hydrogens is 336 g/mol. The van der Waals surface area contributed by atoms with E-state index in [1.807, 2.05) is 66.7 Å². The molecule has 0 fully saturated rings. The number of fused-ring (bicyclic) bond motifs is 1. The average Bonchev–Trinajstić information content (AvgIpc) is 3.02. The number of rotatable bonds is 4. The topological polar surface area (TPSA) is 72.5 Å². The van der Waals surface area contributed by atoms with E-state index in [2.05, 4.69) is 5.10 Å². The number of hydrogen-bond donors (Lipinski definition) is 1. The third-order valence-corrected chi connectivity index (χ3v) is 4.98. The van der Waals surface area contributed by atoms with E-state index >= 15 is 0 Å². The van der Waals surface area contributed by atoms with Gasteiger partial charge in [0.15, 0.2) is 11.6 Å². The number of carbonyl (C=O) groups excluding carboxylic acids is 2. The van der Waals surface area contributed by atoms with Crippen molar-refractivity contribution in [1.82, 2.24) is 0 Å². The van der Waals surface area contributed by atoms with Gasteiger partial charge in [-0.1, -0.05) is 84.9 Å². The lowest BCUT2D eigenvalue weighted by atomic mass is 9.80. The summed E-state index contributed by atoms with van der Waals surface area (Å²) in [6.07, 6.45) is 0. The summed E-state index contributed by atoms with van der Waals surface area (Å²) in [5.74, 6) is 3.60. The van der Waals surface area contributed by atoms with Crippen molar-refractivity contribution in [3.8, 4) is 0 Å². The molecule has 0 aliphatic heterocycles. The van der Waals surface area contributed by atoms with Crippen LogP contribution in [0, 0.1) is 5.92 Å². The Morgan fingerprint density at radius 2 is 1.26 bits per heavy atom. The maximum atomic E-state index is 13.6. The zero-order chi connectivity index (χ0) is 18.8. The molecular formula is C23H18N2O2. The van der Waals surface area contributed by atoms with Gasteiger partial charge in [-0.05, 0) is 11.1 Å². The summed E-state index contributed by atoms with van der Waals surface area (Å²) in [6, 6.07) is 26.1. The molecule has 3 aromatic rings. The van der Waals surface area contributed by atoms with Gasteiger partial charge in [0.25, 0.3) is 0 Å². The Morgan fingerprint density at radius 3 is 1.78 bits per heavy atom. The van der Waals surface area contributed by atoms with E-state index in [9.17, 15) is 9.59 Å². The lowest BCUT2D eigenvalue weighted by molar-refractivity contribution is -0.120. The van der Waals surface area contributed by atoms with Gasteiger partial charge in [-0.2, -0.15) is 5.10 Å². The fourth-order valence-electron chi connectivity index (χ4n) is 3.74. The van der Waals surface area contributed by atoms with Gasteiger partial charge in [0.1, 0.15) is 5.92 Å². The Kier molecular flexibility index (Phi) is 4.38. The van der Waals surface area contributed by atoms with Crippen LogP contribution in [-0.2, 0) is 4.79 Å². The molecule has 1 aliphatic carbocycles. The van der Waals surface area contributed by atoms with Gasteiger partial charge < -0.3 is 5.84 Å². The van der Waals surface area contributed by atoms with Crippen molar-refractivity contribution in [2.45, 2.75) is 5.92 Å². The van der Waals surface area contributed by atoms with Crippen LogP contribution in [0.4, 0.5) is 0 Å². The van der Waals surface area contributed by atoms with E-state index in [-0.39, 0.29) is 11.6 Å². The minimum Gasteiger partial charge on any atom is -0.323 e. The van der Waals surface area contributed by atoms with Crippen molar-refractivity contribution in [1.29, 1.82) is 0 Å². The van der Waals surface area contributed by atoms with E-state index < -0.39 is 11.8 Å². The minimum absolute atomic E-state index is 0.210.